The highest BCUT2D eigenvalue weighted by molar-refractivity contribution is 5.92. The third-order valence-electron chi connectivity index (χ3n) is 5.36. The van der Waals surface area contributed by atoms with Crippen LogP contribution >= 0.6 is 0 Å². The van der Waals surface area contributed by atoms with Crippen molar-refractivity contribution in [3.8, 4) is 0 Å². The van der Waals surface area contributed by atoms with Crippen molar-refractivity contribution >= 4 is 23.7 Å². The van der Waals surface area contributed by atoms with Gasteiger partial charge in [-0.05, 0) is 68.9 Å². The van der Waals surface area contributed by atoms with Crippen LogP contribution in [-0.2, 0) is 0 Å². The van der Waals surface area contributed by atoms with Gasteiger partial charge in [-0.1, -0.05) is 31.2 Å². The molecule has 1 N–H and O–H groups in total. The summed E-state index contributed by atoms with van der Waals surface area (Å²) < 4.78 is 18.4. The van der Waals surface area contributed by atoms with E-state index in [0.717, 1.165) is 48.4 Å². The molecule has 1 saturated heterocycles. The molecule has 1 aromatic carbocycles. The quantitative estimate of drug-likeness (QED) is 0.658. The molecule has 2 aliphatic rings. The van der Waals surface area contributed by atoms with Crippen LogP contribution in [0.15, 0.2) is 46.9 Å². The number of anilines is 1. The van der Waals surface area contributed by atoms with Crippen LogP contribution in [0.2, 0.25) is 0 Å². The second-order valence-corrected chi connectivity index (χ2v) is 7.74. The maximum atomic E-state index is 12.9. The molecule has 4 rings (SSSR count). The number of piperidine rings is 1. The van der Waals surface area contributed by atoms with E-state index in [1.54, 1.807) is 18.2 Å². The van der Waals surface area contributed by atoms with Crippen molar-refractivity contribution in [3.63, 3.8) is 0 Å². The maximum Gasteiger partial charge on any atom is 0.287 e. The summed E-state index contributed by atoms with van der Waals surface area (Å²) in [5.74, 6) is 2.60. The minimum atomic E-state index is -0.172. The first kappa shape index (κ1) is 21.9. The van der Waals surface area contributed by atoms with E-state index in [0.29, 0.717) is 12.3 Å². The van der Waals surface area contributed by atoms with Crippen molar-refractivity contribution in [1.82, 2.24) is 5.32 Å². The normalized spacial score (nSPS) is 19.7. The molecule has 1 aromatic heterocycles. The lowest BCUT2D eigenvalue weighted by atomic mass is 10.2. The van der Waals surface area contributed by atoms with Crippen LogP contribution in [0.1, 0.15) is 55.5 Å². The molecule has 0 spiro atoms. The van der Waals surface area contributed by atoms with Gasteiger partial charge in [0.1, 0.15) is 11.6 Å². The SMILES string of the molecule is C/C=C\c1cc(C(=O)NCC)oc1/C=C/CC.Fc1cccc(N2CC3CC3C2)c1. The lowest BCUT2D eigenvalue weighted by Crippen LogP contribution is -2.21. The maximum absolute atomic E-state index is 12.9. The first-order chi connectivity index (χ1) is 14.5. The number of carbonyl (C=O) groups excluding carboxylic acids is 1. The number of allylic oxidation sites excluding steroid dienone is 2. The average Bonchev–Trinajstić information content (AvgIpc) is 3.15. The Kier molecular flexibility index (Phi) is 7.50. The summed E-state index contributed by atoms with van der Waals surface area (Å²) in [4.78, 5) is 13.9. The molecular formula is C25H31FN2O2. The highest BCUT2D eigenvalue weighted by Gasteiger charge is 2.45. The zero-order valence-electron chi connectivity index (χ0n) is 18.0. The van der Waals surface area contributed by atoms with E-state index < -0.39 is 0 Å². The van der Waals surface area contributed by atoms with Crippen molar-refractivity contribution < 1.29 is 13.6 Å². The van der Waals surface area contributed by atoms with Gasteiger partial charge in [-0.2, -0.15) is 0 Å². The van der Waals surface area contributed by atoms with Crippen LogP contribution in [0.5, 0.6) is 0 Å². The highest BCUT2D eigenvalue weighted by atomic mass is 19.1. The van der Waals surface area contributed by atoms with Crippen molar-refractivity contribution in [2.75, 3.05) is 24.5 Å². The molecule has 1 saturated carbocycles. The summed E-state index contributed by atoms with van der Waals surface area (Å²) in [6.07, 6.45) is 10.1. The van der Waals surface area contributed by atoms with Crippen molar-refractivity contribution in [1.29, 1.82) is 0 Å². The third-order valence-corrected chi connectivity index (χ3v) is 5.36. The lowest BCUT2D eigenvalue weighted by Gasteiger charge is -2.19. The molecule has 2 heterocycles. The number of fused-ring (bicyclic) bond motifs is 1. The Bertz CT molecular complexity index is 906. The molecule has 1 aliphatic heterocycles. The van der Waals surface area contributed by atoms with Gasteiger partial charge in [0.2, 0.25) is 0 Å². The minimum absolute atomic E-state index is 0.127. The Balaban J connectivity index is 0.000000175. The van der Waals surface area contributed by atoms with E-state index in [9.17, 15) is 9.18 Å². The fourth-order valence-corrected chi connectivity index (χ4v) is 3.73. The lowest BCUT2D eigenvalue weighted by molar-refractivity contribution is 0.0928. The fourth-order valence-electron chi connectivity index (χ4n) is 3.73. The van der Waals surface area contributed by atoms with Gasteiger partial charge in [0.05, 0.1) is 0 Å². The number of benzene rings is 1. The number of halogens is 1. The van der Waals surface area contributed by atoms with Crippen LogP contribution in [0.4, 0.5) is 10.1 Å². The Labute approximate surface area is 178 Å². The molecule has 2 atom stereocenters. The van der Waals surface area contributed by atoms with Gasteiger partial charge >= 0.3 is 0 Å². The second kappa shape index (κ2) is 10.3. The molecule has 1 aliphatic carbocycles. The van der Waals surface area contributed by atoms with E-state index in [4.69, 9.17) is 4.42 Å². The molecule has 1 amide bonds. The number of amides is 1. The molecule has 0 radical (unpaired) electrons. The third kappa shape index (κ3) is 5.62. The Morgan fingerprint density at radius 1 is 1.23 bits per heavy atom. The van der Waals surface area contributed by atoms with Crippen molar-refractivity contribution in [2.24, 2.45) is 11.8 Å². The number of nitrogens with zero attached hydrogens (tertiary/aromatic N) is 1. The zero-order valence-corrected chi connectivity index (χ0v) is 18.0. The van der Waals surface area contributed by atoms with Gasteiger partial charge < -0.3 is 14.6 Å². The topological polar surface area (TPSA) is 45.5 Å². The predicted octanol–water partition coefficient (Wildman–Crippen LogP) is 5.77. The van der Waals surface area contributed by atoms with Gasteiger partial charge in [0.25, 0.3) is 5.91 Å². The largest absolute Gasteiger partial charge is 0.451 e. The van der Waals surface area contributed by atoms with E-state index in [2.05, 4.69) is 17.1 Å². The molecule has 5 heteroatoms. The zero-order chi connectivity index (χ0) is 21.5. The predicted molar refractivity (Wildman–Crippen MR) is 121 cm³/mol. The number of nitrogens with one attached hydrogen (secondary N) is 1. The van der Waals surface area contributed by atoms with Gasteiger partial charge in [0, 0.05) is 30.9 Å². The number of hydrogen-bond donors (Lipinski definition) is 1. The van der Waals surface area contributed by atoms with E-state index in [1.165, 1.54) is 12.5 Å². The summed E-state index contributed by atoms with van der Waals surface area (Å²) in [5.41, 5.74) is 1.98. The summed E-state index contributed by atoms with van der Waals surface area (Å²) in [5, 5.41) is 2.72. The number of hydrogen-bond acceptors (Lipinski definition) is 3. The molecule has 4 nitrogen and oxygen atoms in total. The monoisotopic (exact) mass is 410 g/mol. The molecular weight excluding hydrogens is 379 g/mol. The molecule has 30 heavy (non-hydrogen) atoms. The first-order valence-electron chi connectivity index (χ1n) is 10.8. The molecule has 2 aromatic rings. The molecule has 2 unspecified atom stereocenters. The smallest absolute Gasteiger partial charge is 0.287 e. The van der Waals surface area contributed by atoms with E-state index in [-0.39, 0.29) is 11.7 Å². The van der Waals surface area contributed by atoms with Gasteiger partial charge in [-0.25, -0.2) is 4.39 Å². The number of rotatable bonds is 6. The van der Waals surface area contributed by atoms with E-state index in [1.807, 2.05) is 44.2 Å². The Morgan fingerprint density at radius 2 is 2.00 bits per heavy atom. The van der Waals surface area contributed by atoms with Crippen LogP contribution in [-0.4, -0.2) is 25.5 Å². The standard InChI is InChI=1S/C14H19NO2.C11H12FN/c1-4-7-9-12-11(8-5-2)10-13(17-12)14(16)15-6-3;12-10-2-1-3-11(5-10)13-6-8-4-9(8)7-13/h5,7-10H,4,6H2,1-3H3,(H,15,16);1-3,5,8-9H,4,6-7H2/b8-5-,9-7+;. The summed E-state index contributed by atoms with van der Waals surface area (Å²) in [6.45, 7) is 8.73. The molecule has 0 bridgehead atoms. The highest BCUT2D eigenvalue weighted by Crippen LogP contribution is 2.46. The van der Waals surface area contributed by atoms with Gasteiger partial charge in [0.15, 0.2) is 5.76 Å². The molecule has 160 valence electrons. The number of carbonyl (C=O) groups is 1. The van der Waals surface area contributed by atoms with E-state index >= 15 is 0 Å². The van der Waals surface area contributed by atoms with Crippen LogP contribution < -0.4 is 10.2 Å². The minimum Gasteiger partial charge on any atom is -0.451 e. The molecule has 2 fully saturated rings. The van der Waals surface area contributed by atoms with Crippen LogP contribution in [0.25, 0.3) is 12.2 Å². The van der Waals surface area contributed by atoms with Crippen LogP contribution in [0, 0.1) is 17.7 Å². The number of furan rings is 1. The second-order valence-electron chi connectivity index (χ2n) is 7.74. The van der Waals surface area contributed by atoms with Gasteiger partial charge in [-0.3, -0.25) is 4.79 Å². The van der Waals surface area contributed by atoms with Crippen molar-refractivity contribution in [2.45, 2.75) is 33.6 Å². The Hall–Kier alpha value is -2.82. The van der Waals surface area contributed by atoms with Crippen molar-refractivity contribution in [3.05, 3.63) is 65.4 Å². The van der Waals surface area contributed by atoms with Gasteiger partial charge in [-0.15, -0.1) is 0 Å². The Morgan fingerprint density at radius 3 is 2.63 bits per heavy atom. The first-order valence-corrected chi connectivity index (χ1v) is 10.8. The summed E-state index contributed by atoms with van der Waals surface area (Å²) in [7, 11) is 0. The average molecular weight is 411 g/mol. The van der Waals surface area contributed by atoms with Crippen LogP contribution in [0.3, 0.4) is 0 Å². The summed E-state index contributed by atoms with van der Waals surface area (Å²) >= 11 is 0. The fraction of sp³-hybridized carbons (Fsp3) is 0.400. The summed E-state index contributed by atoms with van der Waals surface area (Å²) in [6, 6.07) is 8.67.